The fourth-order valence-electron chi connectivity index (χ4n) is 3.99. The lowest BCUT2D eigenvalue weighted by molar-refractivity contribution is 0.0955. The molecule has 0 bridgehead atoms. The van der Waals surface area contributed by atoms with Crippen molar-refractivity contribution in [1.29, 1.82) is 0 Å². The molecule has 3 N–H and O–H groups in total. The third kappa shape index (κ3) is 6.11. The van der Waals surface area contributed by atoms with Crippen molar-refractivity contribution in [3.8, 4) is 5.75 Å². The van der Waals surface area contributed by atoms with E-state index < -0.39 is 5.91 Å². The summed E-state index contributed by atoms with van der Waals surface area (Å²) in [7, 11) is 0. The van der Waals surface area contributed by atoms with Gasteiger partial charge in [-0.25, -0.2) is 5.43 Å². The highest BCUT2D eigenvalue weighted by Crippen LogP contribution is 2.25. The first-order chi connectivity index (χ1) is 17.2. The highest BCUT2D eigenvalue weighted by atomic mass is 35.5. The molecule has 0 saturated heterocycles. The van der Waals surface area contributed by atoms with Gasteiger partial charge in [0.25, 0.3) is 5.91 Å². The summed E-state index contributed by atoms with van der Waals surface area (Å²) in [6.45, 7) is 8.19. The normalized spacial score (nSPS) is 11.8. The molecule has 0 aromatic heterocycles. The quantitative estimate of drug-likeness (QED) is 0.199. The van der Waals surface area contributed by atoms with Gasteiger partial charge < -0.3 is 10.4 Å². The highest BCUT2D eigenvalue weighted by Gasteiger charge is 2.13. The maximum atomic E-state index is 12.3. The third-order valence-corrected chi connectivity index (χ3v) is 6.39. The molecule has 0 unspecified atom stereocenters. The number of aromatic hydroxyl groups is 1. The molecule has 5 nitrogen and oxygen atoms in total. The largest absolute Gasteiger partial charge is 0.506 e. The second kappa shape index (κ2) is 10.9. The number of carbonyl (C=O) groups excluding carboxylic acids is 1. The van der Waals surface area contributed by atoms with E-state index >= 15 is 0 Å². The van der Waals surface area contributed by atoms with Crippen LogP contribution in [0.1, 0.15) is 53.4 Å². The lowest BCUT2D eigenvalue weighted by Crippen LogP contribution is -2.17. The highest BCUT2D eigenvalue weighted by molar-refractivity contribution is 6.32. The standard InChI is InChI=1S/C30H30ClN3O2/c1-30(2,3)24-13-8-20(9-14-24)17-32-18-22-10-11-23(26-7-5-4-6-25(22)26)19-33-34-29(36)21-12-15-28(35)27(31)16-21/h4-16,19,32,35H,17-18H2,1-3H3,(H,34,36). The fourth-order valence-corrected chi connectivity index (χ4v) is 4.17. The van der Waals surface area contributed by atoms with Crippen molar-refractivity contribution in [2.24, 2.45) is 5.10 Å². The van der Waals surface area contributed by atoms with Gasteiger partial charge >= 0.3 is 0 Å². The smallest absolute Gasteiger partial charge is 0.271 e. The maximum absolute atomic E-state index is 12.3. The van der Waals surface area contributed by atoms with Gasteiger partial charge in [0.15, 0.2) is 0 Å². The SMILES string of the molecule is CC(C)(C)c1ccc(CNCc2ccc(C=NNC(=O)c3ccc(O)c(Cl)c3)c3ccccc23)cc1. The van der Waals surface area contributed by atoms with Crippen LogP contribution < -0.4 is 10.7 Å². The Bertz CT molecular complexity index is 1410. The number of fused-ring (bicyclic) bond motifs is 1. The summed E-state index contributed by atoms with van der Waals surface area (Å²) in [4.78, 5) is 12.3. The Kier molecular flexibility index (Phi) is 7.73. The summed E-state index contributed by atoms with van der Waals surface area (Å²) in [5.41, 5.74) is 7.66. The molecule has 0 aliphatic heterocycles. The van der Waals surface area contributed by atoms with Crippen LogP contribution in [0.15, 0.2) is 84.0 Å². The second-order valence-electron chi connectivity index (χ2n) is 9.78. The number of phenols is 1. The first-order valence-corrected chi connectivity index (χ1v) is 12.2. The minimum Gasteiger partial charge on any atom is -0.506 e. The number of carbonyl (C=O) groups is 1. The van der Waals surface area contributed by atoms with Gasteiger partial charge in [-0.1, -0.05) is 93.0 Å². The van der Waals surface area contributed by atoms with Crippen molar-refractivity contribution in [2.45, 2.75) is 39.3 Å². The minimum absolute atomic E-state index is 0.0730. The molecule has 0 saturated carbocycles. The summed E-state index contributed by atoms with van der Waals surface area (Å²) in [6, 6.07) is 25.3. The third-order valence-electron chi connectivity index (χ3n) is 6.09. The molecule has 0 aliphatic rings. The number of hydrazone groups is 1. The van der Waals surface area contributed by atoms with Crippen LogP contribution in [0.3, 0.4) is 0 Å². The molecule has 36 heavy (non-hydrogen) atoms. The average Bonchev–Trinajstić information content (AvgIpc) is 2.86. The van der Waals surface area contributed by atoms with Crippen LogP contribution in [0.5, 0.6) is 5.75 Å². The summed E-state index contributed by atoms with van der Waals surface area (Å²) < 4.78 is 0. The average molecular weight is 500 g/mol. The van der Waals surface area contributed by atoms with Crippen molar-refractivity contribution >= 4 is 34.5 Å². The Balaban J connectivity index is 1.43. The molecule has 4 rings (SSSR count). The van der Waals surface area contributed by atoms with Crippen LogP contribution >= 0.6 is 11.6 Å². The summed E-state index contributed by atoms with van der Waals surface area (Å²) in [5, 5.41) is 19.5. The van der Waals surface area contributed by atoms with E-state index in [1.54, 1.807) is 6.21 Å². The molecule has 0 radical (unpaired) electrons. The van der Waals surface area contributed by atoms with E-state index in [9.17, 15) is 9.90 Å². The van der Waals surface area contributed by atoms with Crippen LogP contribution in [0.25, 0.3) is 10.8 Å². The Morgan fingerprint density at radius 3 is 2.36 bits per heavy atom. The van der Waals surface area contributed by atoms with Crippen LogP contribution in [0.2, 0.25) is 5.02 Å². The number of halogens is 1. The second-order valence-corrected chi connectivity index (χ2v) is 10.2. The van der Waals surface area contributed by atoms with E-state index in [0.717, 1.165) is 29.4 Å². The van der Waals surface area contributed by atoms with Crippen LogP contribution in [-0.4, -0.2) is 17.2 Å². The van der Waals surface area contributed by atoms with Crippen LogP contribution in [0.4, 0.5) is 0 Å². The van der Waals surface area contributed by atoms with E-state index in [2.05, 4.69) is 73.0 Å². The van der Waals surface area contributed by atoms with Crippen molar-refractivity contribution in [1.82, 2.24) is 10.7 Å². The molecule has 184 valence electrons. The van der Waals surface area contributed by atoms with Gasteiger partial charge in [-0.2, -0.15) is 5.10 Å². The number of nitrogens with zero attached hydrogens (tertiary/aromatic N) is 1. The van der Waals surface area contributed by atoms with Gasteiger partial charge in [0, 0.05) is 24.2 Å². The van der Waals surface area contributed by atoms with Gasteiger partial charge in [0.1, 0.15) is 5.75 Å². The van der Waals surface area contributed by atoms with E-state index in [4.69, 9.17) is 11.6 Å². The molecule has 1 amide bonds. The predicted octanol–water partition coefficient (Wildman–Crippen LogP) is 6.55. The lowest BCUT2D eigenvalue weighted by atomic mass is 9.87. The molecule has 0 heterocycles. The van der Waals surface area contributed by atoms with E-state index in [-0.39, 0.29) is 16.2 Å². The predicted molar refractivity (Wildman–Crippen MR) is 148 cm³/mol. The minimum atomic E-state index is -0.409. The van der Waals surface area contributed by atoms with Crippen LogP contribution in [-0.2, 0) is 18.5 Å². The first kappa shape index (κ1) is 25.4. The zero-order chi connectivity index (χ0) is 25.7. The van der Waals surface area contributed by atoms with Gasteiger partial charge in [0.2, 0.25) is 0 Å². The number of benzene rings is 4. The molecule has 0 spiro atoms. The molecule has 0 fully saturated rings. The monoisotopic (exact) mass is 499 g/mol. The van der Waals surface area contributed by atoms with Crippen molar-refractivity contribution < 1.29 is 9.90 Å². The summed E-state index contributed by atoms with van der Waals surface area (Å²) in [5.74, 6) is -0.481. The van der Waals surface area contributed by atoms with E-state index in [1.807, 2.05) is 24.3 Å². The van der Waals surface area contributed by atoms with E-state index in [0.29, 0.717) is 5.56 Å². The molecule has 4 aromatic rings. The Morgan fingerprint density at radius 2 is 1.67 bits per heavy atom. The van der Waals surface area contributed by atoms with Gasteiger partial charge in [-0.3, -0.25) is 4.79 Å². The zero-order valence-corrected chi connectivity index (χ0v) is 21.4. The fraction of sp³-hybridized carbons (Fsp3) is 0.200. The van der Waals surface area contributed by atoms with E-state index in [1.165, 1.54) is 34.9 Å². The molecular formula is C30H30ClN3O2. The van der Waals surface area contributed by atoms with Crippen molar-refractivity contribution in [3.63, 3.8) is 0 Å². The van der Waals surface area contributed by atoms with Gasteiger partial charge in [-0.15, -0.1) is 0 Å². The number of nitrogens with one attached hydrogen (secondary N) is 2. The number of hydrogen-bond donors (Lipinski definition) is 3. The summed E-state index contributed by atoms with van der Waals surface area (Å²) in [6.07, 6.45) is 1.64. The number of phenolic OH excluding ortho intramolecular Hbond substituents is 1. The topological polar surface area (TPSA) is 73.7 Å². The molecular weight excluding hydrogens is 470 g/mol. The molecule has 4 aromatic carbocycles. The zero-order valence-electron chi connectivity index (χ0n) is 20.7. The Morgan fingerprint density at radius 1 is 0.944 bits per heavy atom. The number of amides is 1. The van der Waals surface area contributed by atoms with Crippen molar-refractivity contribution in [2.75, 3.05) is 0 Å². The van der Waals surface area contributed by atoms with Crippen LogP contribution in [0, 0.1) is 0 Å². The van der Waals surface area contributed by atoms with Gasteiger partial charge in [-0.05, 0) is 51.1 Å². The molecule has 0 atom stereocenters. The lowest BCUT2D eigenvalue weighted by Gasteiger charge is -2.19. The number of rotatable bonds is 7. The van der Waals surface area contributed by atoms with Gasteiger partial charge in [0.05, 0.1) is 11.2 Å². The Labute approximate surface area is 216 Å². The van der Waals surface area contributed by atoms with Crippen molar-refractivity contribution in [3.05, 3.63) is 112 Å². The first-order valence-electron chi connectivity index (χ1n) is 11.8. The molecule has 6 heteroatoms. The molecule has 0 aliphatic carbocycles. The number of hydrogen-bond acceptors (Lipinski definition) is 4. The summed E-state index contributed by atoms with van der Waals surface area (Å²) >= 11 is 5.89. The Hall–Kier alpha value is -3.67. The maximum Gasteiger partial charge on any atom is 0.271 e.